The number of benzene rings is 1. The van der Waals surface area contributed by atoms with Crippen LogP contribution in [0.1, 0.15) is 23.3 Å². The molecule has 5 heteroatoms. The highest BCUT2D eigenvalue weighted by Crippen LogP contribution is 2.16. The number of aryl methyl sites for hydroxylation is 1. The lowest BCUT2D eigenvalue weighted by molar-refractivity contribution is -0.384. The minimum Gasteiger partial charge on any atom is -0.393 e. The third-order valence-electron chi connectivity index (χ3n) is 3.16. The number of rotatable bonds is 7. The summed E-state index contributed by atoms with van der Waals surface area (Å²) in [5.74, 6) is 0. The van der Waals surface area contributed by atoms with Crippen LogP contribution in [-0.2, 0) is 12.8 Å². The number of aliphatic hydroxyl groups is 1. The maximum atomic E-state index is 10.5. The molecule has 2 rings (SSSR count). The first-order valence-corrected chi connectivity index (χ1v) is 7.47. The molecule has 2 aromatic rings. The Balaban J connectivity index is 1.76. The summed E-state index contributed by atoms with van der Waals surface area (Å²) in [6, 6.07) is 10.5. The standard InChI is InChI=1S/C15H17NO3S/c17-14(3-1-4-15-5-2-10-20-15)11-12-6-8-13(9-7-12)16(18)19/h2,5-10,14,17H,1,3-4,11H2. The number of nitro groups is 1. The molecule has 0 amide bonds. The van der Waals surface area contributed by atoms with Gasteiger partial charge in [-0.05, 0) is 42.7 Å². The van der Waals surface area contributed by atoms with E-state index in [0.29, 0.717) is 6.42 Å². The summed E-state index contributed by atoms with van der Waals surface area (Å²) in [6.45, 7) is 0. The predicted octanol–water partition coefficient (Wildman–Crippen LogP) is 3.58. The summed E-state index contributed by atoms with van der Waals surface area (Å²) in [7, 11) is 0. The molecule has 0 aliphatic rings. The van der Waals surface area contributed by atoms with Gasteiger partial charge in [-0.1, -0.05) is 18.2 Å². The zero-order valence-corrected chi connectivity index (χ0v) is 11.9. The fraction of sp³-hybridized carbons (Fsp3) is 0.333. The van der Waals surface area contributed by atoms with E-state index in [1.54, 1.807) is 23.5 Å². The molecular formula is C15H17NO3S. The summed E-state index contributed by atoms with van der Waals surface area (Å²) in [5.41, 5.74) is 1.01. The second kappa shape index (κ2) is 7.17. The number of hydrogen-bond acceptors (Lipinski definition) is 4. The lowest BCUT2D eigenvalue weighted by Crippen LogP contribution is -2.10. The third kappa shape index (κ3) is 4.43. The molecule has 1 heterocycles. The molecule has 0 aliphatic heterocycles. The SMILES string of the molecule is O=[N+]([O-])c1ccc(CC(O)CCCc2cccs2)cc1. The lowest BCUT2D eigenvalue weighted by Gasteiger charge is -2.10. The van der Waals surface area contributed by atoms with Crippen LogP contribution in [0.25, 0.3) is 0 Å². The van der Waals surface area contributed by atoms with Crippen molar-refractivity contribution in [2.45, 2.75) is 31.8 Å². The quantitative estimate of drug-likeness (QED) is 0.626. The van der Waals surface area contributed by atoms with Gasteiger partial charge in [0.15, 0.2) is 0 Å². The van der Waals surface area contributed by atoms with Crippen molar-refractivity contribution in [2.24, 2.45) is 0 Å². The average Bonchev–Trinajstić information content (AvgIpc) is 2.92. The maximum Gasteiger partial charge on any atom is 0.269 e. The summed E-state index contributed by atoms with van der Waals surface area (Å²) in [5, 5.41) is 22.6. The number of non-ortho nitro benzene ring substituents is 1. The van der Waals surface area contributed by atoms with Gasteiger partial charge in [0.25, 0.3) is 5.69 Å². The summed E-state index contributed by atoms with van der Waals surface area (Å²) < 4.78 is 0. The smallest absolute Gasteiger partial charge is 0.269 e. The van der Waals surface area contributed by atoms with E-state index in [9.17, 15) is 15.2 Å². The van der Waals surface area contributed by atoms with Gasteiger partial charge in [-0.25, -0.2) is 0 Å². The molecule has 0 bridgehead atoms. The highest BCUT2D eigenvalue weighted by Gasteiger charge is 2.08. The fourth-order valence-electron chi connectivity index (χ4n) is 2.09. The summed E-state index contributed by atoms with van der Waals surface area (Å²) in [6.07, 6.45) is 2.84. The number of nitro benzene ring substituents is 1. The van der Waals surface area contributed by atoms with Gasteiger partial charge in [-0.15, -0.1) is 11.3 Å². The highest BCUT2D eigenvalue weighted by molar-refractivity contribution is 7.09. The maximum absolute atomic E-state index is 10.5. The van der Waals surface area contributed by atoms with Crippen molar-refractivity contribution < 1.29 is 10.0 Å². The Hall–Kier alpha value is -1.72. The molecule has 1 unspecified atom stereocenters. The second-order valence-electron chi connectivity index (χ2n) is 4.75. The van der Waals surface area contributed by atoms with Crippen molar-refractivity contribution in [1.82, 2.24) is 0 Å². The Morgan fingerprint density at radius 2 is 2.00 bits per heavy atom. The van der Waals surface area contributed by atoms with E-state index in [4.69, 9.17) is 0 Å². The van der Waals surface area contributed by atoms with Crippen molar-refractivity contribution in [3.63, 3.8) is 0 Å². The van der Waals surface area contributed by atoms with Crippen LogP contribution >= 0.6 is 11.3 Å². The molecule has 0 fully saturated rings. The zero-order chi connectivity index (χ0) is 14.4. The van der Waals surface area contributed by atoms with E-state index in [0.717, 1.165) is 24.8 Å². The van der Waals surface area contributed by atoms with Crippen LogP contribution in [0.2, 0.25) is 0 Å². The highest BCUT2D eigenvalue weighted by atomic mass is 32.1. The molecule has 1 atom stereocenters. The minimum atomic E-state index is -0.415. The van der Waals surface area contributed by atoms with Crippen molar-refractivity contribution in [3.8, 4) is 0 Å². The number of aliphatic hydroxyl groups excluding tert-OH is 1. The molecule has 0 spiro atoms. The fourth-order valence-corrected chi connectivity index (χ4v) is 2.85. The van der Waals surface area contributed by atoms with Crippen molar-refractivity contribution in [1.29, 1.82) is 0 Å². The van der Waals surface area contributed by atoms with Gasteiger partial charge < -0.3 is 5.11 Å². The van der Waals surface area contributed by atoms with Crippen LogP contribution in [0.4, 0.5) is 5.69 Å². The number of thiophene rings is 1. The zero-order valence-electron chi connectivity index (χ0n) is 11.1. The van der Waals surface area contributed by atoms with E-state index < -0.39 is 11.0 Å². The van der Waals surface area contributed by atoms with E-state index >= 15 is 0 Å². The molecule has 0 radical (unpaired) electrons. The molecule has 0 saturated heterocycles. The molecule has 1 aromatic heterocycles. The Bertz CT molecular complexity index is 537. The van der Waals surface area contributed by atoms with Crippen molar-refractivity contribution in [2.75, 3.05) is 0 Å². The molecule has 1 N–H and O–H groups in total. The second-order valence-corrected chi connectivity index (χ2v) is 5.79. The minimum absolute atomic E-state index is 0.0842. The molecule has 1 aromatic carbocycles. The van der Waals surface area contributed by atoms with Crippen LogP contribution in [0.15, 0.2) is 41.8 Å². The molecular weight excluding hydrogens is 274 g/mol. The first-order valence-electron chi connectivity index (χ1n) is 6.59. The summed E-state index contributed by atoms with van der Waals surface area (Å²) >= 11 is 1.74. The molecule has 0 saturated carbocycles. The first kappa shape index (κ1) is 14.7. The first-order chi connectivity index (χ1) is 9.65. The van der Waals surface area contributed by atoms with Gasteiger partial charge >= 0.3 is 0 Å². The van der Waals surface area contributed by atoms with E-state index in [1.165, 1.54) is 17.0 Å². The van der Waals surface area contributed by atoms with Gasteiger partial charge in [0.05, 0.1) is 11.0 Å². The Morgan fingerprint density at radius 1 is 1.25 bits per heavy atom. The van der Waals surface area contributed by atoms with Crippen molar-refractivity contribution in [3.05, 3.63) is 62.3 Å². The van der Waals surface area contributed by atoms with Gasteiger partial charge in [-0.3, -0.25) is 10.1 Å². The summed E-state index contributed by atoms with van der Waals surface area (Å²) in [4.78, 5) is 11.5. The topological polar surface area (TPSA) is 63.4 Å². The van der Waals surface area contributed by atoms with Gasteiger partial charge in [0.2, 0.25) is 0 Å². The van der Waals surface area contributed by atoms with Gasteiger partial charge in [-0.2, -0.15) is 0 Å². The van der Waals surface area contributed by atoms with Crippen LogP contribution in [0.3, 0.4) is 0 Å². The van der Waals surface area contributed by atoms with E-state index in [2.05, 4.69) is 11.4 Å². The molecule has 0 aliphatic carbocycles. The predicted molar refractivity (Wildman–Crippen MR) is 80.1 cm³/mol. The third-order valence-corrected chi connectivity index (χ3v) is 4.10. The number of hydrogen-bond donors (Lipinski definition) is 1. The largest absolute Gasteiger partial charge is 0.393 e. The van der Waals surface area contributed by atoms with Gasteiger partial charge in [0.1, 0.15) is 0 Å². The van der Waals surface area contributed by atoms with Crippen LogP contribution in [-0.4, -0.2) is 16.1 Å². The average molecular weight is 291 g/mol. The normalized spacial score (nSPS) is 12.2. The molecule has 4 nitrogen and oxygen atoms in total. The van der Waals surface area contributed by atoms with E-state index in [-0.39, 0.29) is 5.69 Å². The molecule has 20 heavy (non-hydrogen) atoms. The van der Waals surface area contributed by atoms with Gasteiger partial charge in [0, 0.05) is 17.0 Å². The van der Waals surface area contributed by atoms with Crippen molar-refractivity contribution >= 4 is 17.0 Å². The Kier molecular flexibility index (Phi) is 5.26. The number of nitrogens with zero attached hydrogens (tertiary/aromatic N) is 1. The van der Waals surface area contributed by atoms with Crippen LogP contribution in [0, 0.1) is 10.1 Å². The Labute approximate surface area is 121 Å². The Morgan fingerprint density at radius 3 is 2.60 bits per heavy atom. The lowest BCUT2D eigenvalue weighted by atomic mass is 10.0. The monoisotopic (exact) mass is 291 g/mol. The molecule has 106 valence electrons. The van der Waals surface area contributed by atoms with Crippen LogP contribution < -0.4 is 0 Å². The van der Waals surface area contributed by atoms with E-state index in [1.807, 2.05) is 6.07 Å². The van der Waals surface area contributed by atoms with Crippen LogP contribution in [0.5, 0.6) is 0 Å².